The number of thiophene rings is 1. The van der Waals surface area contributed by atoms with Crippen LogP contribution >= 0.6 is 11.3 Å². The number of aromatic nitrogens is 1. The highest BCUT2D eigenvalue weighted by Gasteiger charge is 2.23. The van der Waals surface area contributed by atoms with E-state index < -0.39 is 0 Å². The third-order valence-corrected chi connectivity index (χ3v) is 5.52. The lowest BCUT2D eigenvalue weighted by molar-refractivity contribution is -0.132. The Hall–Kier alpha value is -2.12. The Morgan fingerprint density at radius 2 is 1.93 bits per heavy atom. The molecule has 0 fully saturated rings. The van der Waals surface area contributed by atoms with Gasteiger partial charge in [-0.3, -0.25) is 9.59 Å². The number of amides is 2. The zero-order chi connectivity index (χ0) is 20.4. The highest BCUT2D eigenvalue weighted by atomic mass is 32.1. The van der Waals surface area contributed by atoms with Gasteiger partial charge in [0.1, 0.15) is 6.54 Å². The summed E-state index contributed by atoms with van der Waals surface area (Å²) in [6.07, 6.45) is 4.64. The monoisotopic (exact) mass is 405 g/mol. The summed E-state index contributed by atoms with van der Waals surface area (Å²) >= 11 is 1.40. The highest BCUT2D eigenvalue weighted by molar-refractivity contribution is 7.12. The molecule has 0 saturated carbocycles. The Balaban J connectivity index is 2.09. The van der Waals surface area contributed by atoms with Gasteiger partial charge in [0.2, 0.25) is 5.91 Å². The zero-order valence-corrected chi connectivity index (χ0v) is 17.9. The van der Waals surface area contributed by atoms with Crippen molar-refractivity contribution in [1.82, 2.24) is 14.4 Å². The lowest BCUT2D eigenvalue weighted by atomic mass is 10.2. The molecule has 2 heterocycles. The number of methoxy groups -OCH3 is 1. The van der Waals surface area contributed by atoms with Crippen molar-refractivity contribution in [3.05, 3.63) is 46.4 Å². The van der Waals surface area contributed by atoms with Crippen molar-refractivity contribution >= 4 is 23.2 Å². The minimum absolute atomic E-state index is 0.0167. The fourth-order valence-corrected chi connectivity index (χ4v) is 3.66. The average molecular weight is 406 g/mol. The van der Waals surface area contributed by atoms with Gasteiger partial charge in [0.15, 0.2) is 0 Å². The Morgan fingerprint density at radius 1 is 1.14 bits per heavy atom. The Kier molecular flexibility index (Phi) is 9.23. The van der Waals surface area contributed by atoms with Crippen LogP contribution in [0.2, 0.25) is 0 Å². The van der Waals surface area contributed by atoms with Crippen LogP contribution in [0.15, 0.2) is 35.8 Å². The second kappa shape index (κ2) is 11.7. The maximum absolute atomic E-state index is 13.1. The summed E-state index contributed by atoms with van der Waals surface area (Å²) in [5.74, 6) is -0.106. The first-order chi connectivity index (χ1) is 13.6. The van der Waals surface area contributed by atoms with Crippen molar-refractivity contribution in [3.63, 3.8) is 0 Å². The van der Waals surface area contributed by atoms with Crippen LogP contribution in [0.4, 0.5) is 0 Å². The van der Waals surface area contributed by atoms with Crippen molar-refractivity contribution in [1.29, 1.82) is 0 Å². The van der Waals surface area contributed by atoms with Crippen LogP contribution in [-0.4, -0.2) is 59.5 Å². The number of nitrogens with zero attached hydrogens (tertiary/aromatic N) is 3. The predicted molar refractivity (Wildman–Crippen MR) is 112 cm³/mol. The van der Waals surface area contributed by atoms with Gasteiger partial charge in [-0.2, -0.15) is 0 Å². The van der Waals surface area contributed by atoms with Crippen LogP contribution in [0.3, 0.4) is 0 Å². The first kappa shape index (κ1) is 22.2. The van der Waals surface area contributed by atoms with Crippen molar-refractivity contribution in [2.45, 2.75) is 32.7 Å². The van der Waals surface area contributed by atoms with Crippen LogP contribution in [-0.2, 0) is 23.1 Å². The van der Waals surface area contributed by atoms with E-state index in [1.807, 2.05) is 46.3 Å². The lowest BCUT2D eigenvalue weighted by Crippen LogP contribution is -2.43. The van der Waals surface area contributed by atoms with Crippen molar-refractivity contribution < 1.29 is 14.3 Å². The molecule has 0 atom stereocenters. The van der Waals surface area contributed by atoms with E-state index in [9.17, 15) is 9.59 Å². The molecular formula is C21H31N3O3S. The van der Waals surface area contributed by atoms with Gasteiger partial charge in [-0.05, 0) is 36.4 Å². The summed E-state index contributed by atoms with van der Waals surface area (Å²) in [4.78, 5) is 30.1. The van der Waals surface area contributed by atoms with E-state index in [0.29, 0.717) is 37.5 Å². The quantitative estimate of drug-likeness (QED) is 0.509. The summed E-state index contributed by atoms with van der Waals surface area (Å²) in [6, 6.07) is 7.67. The maximum atomic E-state index is 13.1. The molecule has 2 amide bonds. The van der Waals surface area contributed by atoms with Gasteiger partial charge in [0.05, 0.1) is 11.4 Å². The fourth-order valence-electron chi connectivity index (χ4n) is 2.97. The average Bonchev–Trinajstić information content (AvgIpc) is 3.36. The van der Waals surface area contributed by atoms with Gasteiger partial charge in [-0.1, -0.05) is 19.4 Å². The number of hydrogen-bond donors (Lipinski definition) is 0. The lowest BCUT2D eigenvalue weighted by Gasteiger charge is -2.28. The maximum Gasteiger partial charge on any atom is 0.264 e. The van der Waals surface area contributed by atoms with Crippen LogP contribution in [0.25, 0.3) is 0 Å². The molecule has 2 aromatic heterocycles. The molecule has 0 spiro atoms. The molecule has 0 unspecified atom stereocenters. The van der Waals surface area contributed by atoms with E-state index in [0.717, 1.165) is 18.5 Å². The number of ether oxygens (including phenoxy) is 1. The van der Waals surface area contributed by atoms with Crippen molar-refractivity contribution in [2.24, 2.45) is 7.05 Å². The Bertz CT molecular complexity index is 727. The second-order valence-electron chi connectivity index (χ2n) is 6.83. The van der Waals surface area contributed by atoms with E-state index in [1.165, 1.54) is 11.3 Å². The van der Waals surface area contributed by atoms with Crippen LogP contribution in [0, 0.1) is 0 Å². The molecule has 6 nitrogen and oxygen atoms in total. The second-order valence-corrected chi connectivity index (χ2v) is 7.78. The standard InChI is InChI=1S/C21H31N3O3S/c1-4-5-12-23(16-18-9-6-11-22(18)2)20(25)17-24(13-8-14-27-3)21(26)19-10-7-15-28-19/h6-7,9-11,15H,4-5,8,12-14,16-17H2,1-3H3. The summed E-state index contributed by atoms with van der Waals surface area (Å²) < 4.78 is 7.15. The topological polar surface area (TPSA) is 54.8 Å². The molecule has 0 aliphatic rings. The van der Waals surface area contributed by atoms with Gasteiger partial charge >= 0.3 is 0 Å². The molecule has 2 rings (SSSR count). The number of hydrogen-bond acceptors (Lipinski definition) is 4. The molecule has 0 aromatic carbocycles. The number of carbonyl (C=O) groups is 2. The zero-order valence-electron chi connectivity index (χ0n) is 17.1. The largest absolute Gasteiger partial charge is 0.385 e. The third-order valence-electron chi connectivity index (χ3n) is 4.66. The smallest absolute Gasteiger partial charge is 0.264 e. The predicted octanol–water partition coefficient (Wildman–Crippen LogP) is 3.39. The van der Waals surface area contributed by atoms with E-state index >= 15 is 0 Å². The van der Waals surface area contributed by atoms with Gasteiger partial charge in [-0.15, -0.1) is 11.3 Å². The van der Waals surface area contributed by atoms with Gasteiger partial charge in [-0.25, -0.2) is 0 Å². The van der Waals surface area contributed by atoms with Crippen LogP contribution < -0.4 is 0 Å². The molecule has 7 heteroatoms. The number of aryl methyl sites for hydroxylation is 1. The normalized spacial score (nSPS) is 10.8. The summed E-state index contributed by atoms with van der Waals surface area (Å²) in [6.45, 7) is 4.52. The summed E-state index contributed by atoms with van der Waals surface area (Å²) in [5.41, 5.74) is 1.08. The minimum Gasteiger partial charge on any atom is -0.385 e. The molecule has 0 saturated heterocycles. The Morgan fingerprint density at radius 3 is 2.54 bits per heavy atom. The SMILES string of the molecule is CCCCN(Cc1cccn1C)C(=O)CN(CCCOC)C(=O)c1cccs1. The summed E-state index contributed by atoms with van der Waals surface area (Å²) in [5, 5.41) is 1.88. The molecule has 0 aliphatic heterocycles. The van der Waals surface area contributed by atoms with E-state index in [-0.39, 0.29) is 18.4 Å². The van der Waals surface area contributed by atoms with Crippen LogP contribution in [0.1, 0.15) is 41.6 Å². The molecule has 28 heavy (non-hydrogen) atoms. The Labute approximate surface area is 171 Å². The molecule has 0 radical (unpaired) electrons. The first-order valence-corrected chi connectivity index (χ1v) is 10.6. The van der Waals surface area contributed by atoms with Gasteiger partial charge in [0, 0.05) is 45.7 Å². The first-order valence-electron chi connectivity index (χ1n) is 9.76. The number of unbranched alkanes of at least 4 members (excludes halogenated alkanes) is 1. The van der Waals surface area contributed by atoms with E-state index in [4.69, 9.17) is 4.74 Å². The van der Waals surface area contributed by atoms with Gasteiger partial charge < -0.3 is 19.1 Å². The molecular weight excluding hydrogens is 374 g/mol. The minimum atomic E-state index is -0.0891. The molecule has 0 aliphatic carbocycles. The summed E-state index contributed by atoms with van der Waals surface area (Å²) in [7, 11) is 3.62. The van der Waals surface area contributed by atoms with Crippen molar-refractivity contribution in [2.75, 3.05) is 33.4 Å². The van der Waals surface area contributed by atoms with E-state index in [2.05, 4.69) is 6.92 Å². The molecule has 0 N–H and O–H groups in total. The van der Waals surface area contributed by atoms with E-state index in [1.54, 1.807) is 18.1 Å². The molecule has 0 bridgehead atoms. The van der Waals surface area contributed by atoms with Gasteiger partial charge in [0.25, 0.3) is 5.91 Å². The number of rotatable bonds is 12. The molecule has 2 aromatic rings. The number of carbonyl (C=O) groups excluding carboxylic acids is 2. The fraction of sp³-hybridized carbons (Fsp3) is 0.524. The highest BCUT2D eigenvalue weighted by Crippen LogP contribution is 2.14. The van der Waals surface area contributed by atoms with Crippen molar-refractivity contribution in [3.8, 4) is 0 Å². The molecule has 154 valence electrons. The van der Waals surface area contributed by atoms with Crippen LogP contribution in [0.5, 0.6) is 0 Å². The third kappa shape index (κ3) is 6.49.